The van der Waals surface area contributed by atoms with Crippen LogP contribution in [0.5, 0.6) is 0 Å². The van der Waals surface area contributed by atoms with Gasteiger partial charge in [-0.1, -0.05) is 0 Å². The number of carbonyl (C=O) groups excluding carboxylic acids is 1. The second-order valence-corrected chi connectivity index (χ2v) is 5.29. The first-order chi connectivity index (χ1) is 7.68. The van der Waals surface area contributed by atoms with Crippen LogP contribution in [0.1, 0.15) is 38.5 Å². The van der Waals surface area contributed by atoms with Crippen molar-refractivity contribution in [2.45, 2.75) is 44.1 Å². The monoisotopic (exact) mass is 225 g/mol. The molecule has 0 atom stereocenters. The number of nitrogens with two attached hydrogens (primary N) is 1. The first-order valence-electron chi connectivity index (χ1n) is 6.46. The third kappa shape index (κ3) is 3.19. The Labute approximate surface area is 97.6 Å². The maximum atomic E-state index is 11.6. The van der Waals surface area contributed by atoms with Crippen LogP contribution in [0.2, 0.25) is 0 Å². The molecule has 0 aromatic rings. The lowest BCUT2D eigenvalue weighted by atomic mass is 9.78. The number of nitrogens with one attached hydrogen (secondary N) is 1. The lowest BCUT2D eigenvalue weighted by molar-refractivity contribution is -0.121. The van der Waals surface area contributed by atoms with Gasteiger partial charge in [-0.25, -0.2) is 0 Å². The average molecular weight is 225 g/mol. The van der Waals surface area contributed by atoms with Crippen LogP contribution >= 0.6 is 0 Å². The number of carbonyl (C=O) groups is 1. The van der Waals surface area contributed by atoms with Gasteiger partial charge in [0.2, 0.25) is 5.91 Å². The summed E-state index contributed by atoms with van der Waals surface area (Å²) in [5.41, 5.74) is 5.95. The Hall–Kier alpha value is -0.610. The summed E-state index contributed by atoms with van der Waals surface area (Å²) < 4.78 is 0. The summed E-state index contributed by atoms with van der Waals surface area (Å²) in [7, 11) is 0. The molecule has 4 nitrogen and oxygen atoms in total. The Morgan fingerprint density at radius 3 is 2.50 bits per heavy atom. The molecule has 92 valence electrons. The minimum atomic E-state index is -0.0939. The normalized spacial score (nSPS) is 24.1. The predicted octanol–water partition coefficient (Wildman–Crippen LogP) is 0.470. The highest BCUT2D eigenvalue weighted by Gasteiger charge is 2.32. The van der Waals surface area contributed by atoms with Gasteiger partial charge in [0.1, 0.15) is 0 Å². The molecule has 2 rings (SSSR count). The smallest absolute Gasteiger partial charge is 0.221 e. The zero-order chi connectivity index (χ0) is 11.4. The van der Waals surface area contributed by atoms with Crippen molar-refractivity contribution >= 4 is 5.91 Å². The Balaban J connectivity index is 1.57. The number of nitrogens with zero attached hydrogens (tertiary/aromatic N) is 1. The molecule has 0 bridgehead atoms. The van der Waals surface area contributed by atoms with E-state index >= 15 is 0 Å². The van der Waals surface area contributed by atoms with Crippen molar-refractivity contribution in [1.82, 2.24) is 10.2 Å². The Morgan fingerprint density at radius 1 is 1.25 bits per heavy atom. The Morgan fingerprint density at radius 2 is 1.94 bits per heavy atom. The molecule has 2 fully saturated rings. The van der Waals surface area contributed by atoms with Gasteiger partial charge in [0, 0.05) is 25.0 Å². The maximum absolute atomic E-state index is 11.6. The zero-order valence-corrected chi connectivity index (χ0v) is 10.0. The summed E-state index contributed by atoms with van der Waals surface area (Å²) in [6, 6.07) is 0. The van der Waals surface area contributed by atoms with E-state index in [1.165, 1.54) is 19.3 Å². The van der Waals surface area contributed by atoms with Crippen LogP contribution in [0.25, 0.3) is 0 Å². The molecule has 0 aromatic carbocycles. The third-order valence-electron chi connectivity index (χ3n) is 3.84. The first kappa shape index (κ1) is 11.9. The van der Waals surface area contributed by atoms with Gasteiger partial charge in [-0.15, -0.1) is 0 Å². The van der Waals surface area contributed by atoms with Gasteiger partial charge in [0.25, 0.3) is 0 Å². The summed E-state index contributed by atoms with van der Waals surface area (Å²) in [6.45, 7) is 3.89. The third-order valence-corrected chi connectivity index (χ3v) is 3.84. The SMILES string of the molecule is NC1(CNC(=O)CCN2CCCC2)CCC1. The Bertz CT molecular complexity index is 245. The van der Waals surface area contributed by atoms with Crippen LogP contribution in [0.4, 0.5) is 0 Å². The summed E-state index contributed by atoms with van der Waals surface area (Å²) in [5.74, 6) is 0.156. The molecule has 3 N–H and O–H groups in total. The van der Waals surface area contributed by atoms with Gasteiger partial charge in [-0.2, -0.15) is 0 Å². The number of hydrogen-bond donors (Lipinski definition) is 2. The topological polar surface area (TPSA) is 58.4 Å². The molecule has 2 aliphatic rings. The lowest BCUT2D eigenvalue weighted by Crippen LogP contribution is -2.55. The van der Waals surface area contributed by atoms with E-state index in [0.29, 0.717) is 13.0 Å². The summed E-state index contributed by atoms with van der Waals surface area (Å²) >= 11 is 0. The van der Waals surface area contributed by atoms with Crippen LogP contribution in [-0.4, -0.2) is 42.5 Å². The predicted molar refractivity (Wildman–Crippen MR) is 64.1 cm³/mol. The maximum Gasteiger partial charge on any atom is 0.221 e. The first-order valence-corrected chi connectivity index (χ1v) is 6.46. The average Bonchev–Trinajstić information content (AvgIpc) is 2.73. The van der Waals surface area contributed by atoms with Crippen molar-refractivity contribution in [2.75, 3.05) is 26.2 Å². The molecule has 1 aliphatic carbocycles. The summed E-state index contributed by atoms with van der Waals surface area (Å²) in [5, 5.41) is 2.96. The fourth-order valence-electron chi connectivity index (χ4n) is 2.44. The molecule has 16 heavy (non-hydrogen) atoms. The fourth-order valence-corrected chi connectivity index (χ4v) is 2.44. The van der Waals surface area contributed by atoms with E-state index in [4.69, 9.17) is 5.73 Å². The molecule has 4 heteroatoms. The number of likely N-dealkylation sites (tertiary alicyclic amines) is 1. The van der Waals surface area contributed by atoms with E-state index < -0.39 is 0 Å². The second-order valence-electron chi connectivity index (χ2n) is 5.29. The minimum absolute atomic E-state index is 0.0939. The molecule has 0 aromatic heterocycles. The van der Waals surface area contributed by atoms with Gasteiger partial charge < -0.3 is 16.0 Å². The lowest BCUT2D eigenvalue weighted by Gasteiger charge is -2.38. The molecule has 1 heterocycles. The Kier molecular flexibility index (Phi) is 3.82. The van der Waals surface area contributed by atoms with Crippen molar-refractivity contribution in [1.29, 1.82) is 0 Å². The molecule has 0 radical (unpaired) electrons. The second kappa shape index (κ2) is 5.15. The van der Waals surface area contributed by atoms with Gasteiger partial charge in [0.05, 0.1) is 0 Å². The van der Waals surface area contributed by atoms with Gasteiger partial charge in [0.15, 0.2) is 0 Å². The van der Waals surface area contributed by atoms with Crippen LogP contribution in [0.3, 0.4) is 0 Å². The van der Waals surface area contributed by atoms with Crippen LogP contribution < -0.4 is 11.1 Å². The highest BCUT2D eigenvalue weighted by molar-refractivity contribution is 5.76. The number of rotatable bonds is 5. The van der Waals surface area contributed by atoms with Gasteiger partial charge in [-0.05, 0) is 45.2 Å². The molecule has 1 amide bonds. The minimum Gasteiger partial charge on any atom is -0.354 e. The van der Waals surface area contributed by atoms with Crippen LogP contribution in [0, 0.1) is 0 Å². The van der Waals surface area contributed by atoms with Crippen molar-refractivity contribution in [3.05, 3.63) is 0 Å². The van der Waals surface area contributed by atoms with E-state index in [9.17, 15) is 4.79 Å². The van der Waals surface area contributed by atoms with Gasteiger partial charge >= 0.3 is 0 Å². The number of amides is 1. The molecule has 1 saturated heterocycles. The van der Waals surface area contributed by atoms with Crippen molar-refractivity contribution in [3.8, 4) is 0 Å². The molecule has 0 spiro atoms. The van der Waals surface area contributed by atoms with E-state index in [0.717, 1.165) is 32.5 Å². The van der Waals surface area contributed by atoms with Crippen molar-refractivity contribution in [3.63, 3.8) is 0 Å². The molecular weight excluding hydrogens is 202 g/mol. The highest BCUT2D eigenvalue weighted by atomic mass is 16.1. The molecular formula is C12H23N3O. The largest absolute Gasteiger partial charge is 0.354 e. The van der Waals surface area contributed by atoms with E-state index in [1.807, 2.05) is 0 Å². The fraction of sp³-hybridized carbons (Fsp3) is 0.917. The molecule has 1 aliphatic heterocycles. The van der Waals surface area contributed by atoms with Crippen molar-refractivity contribution in [2.24, 2.45) is 5.73 Å². The standard InChI is InChI=1S/C12H23N3O/c13-12(5-3-6-12)10-14-11(16)4-9-15-7-1-2-8-15/h1-10,13H2,(H,14,16). The van der Waals surface area contributed by atoms with Crippen molar-refractivity contribution < 1.29 is 4.79 Å². The molecule has 0 unspecified atom stereocenters. The van der Waals surface area contributed by atoms with E-state index in [-0.39, 0.29) is 11.4 Å². The zero-order valence-electron chi connectivity index (χ0n) is 10.0. The van der Waals surface area contributed by atoms with E-state index in [1.54, 1.807) is 0 Å². The summed E-state index contributed by atoms with van der Waals surface area (Å²) in [6.07, 6.45) is 6.51. The number of hydrogen-bond acceptors (Lipinski definition) is 3. The van der Waals surface area contributed by atoms with Gasteiger partial charge in [-0.3, -0.25) is 4.79 Å². The highest BCUT2D eigenvalue weighted by Crippen LogP contribution is 2.27. The molecule has 1 saturated carbocycles. The van der Waals surface area contributed by atoms with Crippen LogP contribution in [-0.2, 0) is 4.79 Å². The van der Waals surface area contributed by atoms with E-state index in [2.05, 4.69) is 10.2 Å². The quantitative estimate of drug-likeness (QED) is 0.715. The van der Waals surface area contributed by atoms with Crippen LogP contribution in [0.15, 0.2) is 0 Å². The summed E-state index contributed by atoms with van der Waals surface area (Å²) in [4.78, 5) is 14.0.